The van der Waals surface area contributed by atoms with Crippen molar-refractivity contribution in [3.05, 3.63) is 42.5 Å². The molecule has 19 heavy (non-hydrogen) atoms. The average Bonchev–Trinajstić information content (AvgIpc) is 2.45. The molecule has 0 spiro atoms. The van der Waals surface area contributed by atoms with Gasteiger partial charge in [-0.25, -0.2) is 8.42 Å². The van der Waals surface area contributed by atoms with E-state index in [4.69, 9.17) is 0 Å². The van der Waals surface area contributed by atoms with Gasteiger partial charge in [-0.05, 0) is 24.3 Å². The lowest BCUT2D eigenvalue weighted by molar-refractivity contribution is 0.454. The second-order valence-electron chi connectivity index (χ2n) is 3.88. The Bertz CT molecular complexity index is 682. The molecule has 0 aliphatic carbocycles. The third-order valence-corrected chi connectivity index (χ3v) is 4.44. The second kappa shape index (κ2) is 6.24. The van der Waals surface area contributed by atoms with Crippen LogP contribution in [0.3, 0.4) is 0 Å². The van der Waals surface area contributed by atoms with E-state index in [0.29, 0.717) is 13.0 Å². The molecule has 0 atom stereocenters. The first-order chi connectivity index (χ1) is 9.21. The number of rotatable bonds is 2. The van der Waals surface area contributed by atoms with Crippen molar-refractivity contribution >= 4 is 10.0 Å². The van der Waals surface area contributed by atoms with Crippen molar-refractivity contribution in [2.75, 3.05) is 13.1 Å². The maximum Gasteiger partial charge on any atom is 0.243 e. The van der Waals surface area contributed by atoms with Gasteiger partial charge in [-0.2, -0.15) is 4.31 Å². The van der Waals surface area contributed by atoms with Gasteiger partial charge < -0.3 is 0 Å². The molecule has 1 heterocycles. The van der Waals surface area contributed by atoms with Crippen molar-refractivity contribution in [1.82, 2.24) is 4.31 Å². The summed E-state index contributed by atoms with van der Waals surface area (Å²) in [7, 11) is -3.49. The lowest BCUT2D eigenvalue weighted by Gasteiger charge is -2.18. The molecule has 2 rings (SSSR count). The van der Waals surface area contributed by atoms with E-state index in [1.165, 1.54) is 4.31 Å². The van der Waals surface area contributed by atoms with Gasteiger partial charge in [-0.3, -0.25) is 0 Å². The molecule has 0 fully saturated rings. The molecular weight excluding hydrogens is 258 g/mol. The van der Waals surface area contributed by atoms with Gasteiger partial charge in [0, 0.05) is 13.0 Å². The lowest BCUT2D eigenvalue weighted by Crippen LogP contribution is -2.32. The van der Waals surface area contributed by atoms with Crippen LogP contribution in [-0.4, -0.2) is 25.8 Å². The summed E-state index contributed by atoms with van der Waals surface area (Å²) in [5.41, 5.74) is 0. The van der Waals surface area contributed by atoms with E-state index >= 15 is 0 Å². The van der Waals surface area contributed by atoms with Crippen molar-refractivity contribution in [3.8, 4) is 23.7 Å². The van der Waals surface area contributed by atoms with Crippen LogP contribution in [0, 0.1) is 23.7 Å². The molecule has 3 nitrogen and oxygen atoms in total. The third-order valence-electron chi connectivity index (χ3n) is 2.58. The Balaban J connectivity index is 2.29. The summed E-state index contributed by atoms with van der Waals surface area (Å²) >= 11 is 0. The van der Waals surface area contributed by atoms with Gasteiger partial charge in [0.2, 0.25) is 10.0 Å². The summed E-state index contributed by atoms with van der Waals surface area (Å²) < 4.78 is 26.2. The minimum Gasteiger partial charge on any atom is -0.207 e. The number of sulfonamides is 1. The molecule has 0 aromatic heterocycles. The van der Waals surface area contributed by atoms with E-state index in [0.717, 1.165) is 0 Å². The molecule has 4 heteroatoms. The number of hydrogen-bond acceptors (Lipinski definition) is 2. The first-order valence-corrected chi connectivity index (χ1v) is 7.32. The Labute approximate surface area is 114 Å². The van der Waals surface area contributed by atoms with Crippen molar-refractivity contribution in [1.29, 1.82) is 0 Å². The molecule has 1 aromatic rings. The van der Waals surface area contributed by atoms with E-state index in [2.05, 4.69) is 23.7 Å². The van der Waals surface area contributed by atoms with Gasteiger partial charge in [0.05, 0.1) is 11.4 Å². The monoisotopic (exact) mass is 271 g/mol. The number of allylic oxidation sites excluding steroid dienone is 2. The fourth-order valence-electron chi connectivity index (χ4n) is 1.61. The minimum absolute atomic E-state index is 0.184. The summed E-state index contributed by atoms with van der Waals surface area (Å²) in [4.78, 5) is 0.289. The smallest absolute Gasteiger partial charge is 0.207 e. The van der Waals surface area contributed by atoms with Crippen LogP contribution in [-0.2, 0) is 10.0 Å². The number of hydrogen-bond donors (Lipinski definition) is 0. The van der Waals surface area contributed by atoms with E-state index in [-0.39, 0.29) is 11.4 Å². The summed E-state index contributed by atoms with van der Waals surface area (Å²) in [5, 5.41) is 0. The number of nitrogens with zero attached hydrogens (tertiary/aromatic N) is 1. The predicted molar refractivity (Wildman–Crippen MR) is 74.5 cm³/mol. The van der Waals surface area contributed by atoms with Crippen LogP contribution < -0.4 is 0 Å². The molecular formula is C15H13NO2S. The fourth-order valence-corrected chi connectivity index (χ4v) is 2.98. The highest BCUT2D eigenvalue weighted by molar-refractivity contribution is 7.89. The highest BCUT2D eigenvalue weighted by Crippen LogP contribution is 2.15. The average molecular weight is 271 g/mol. The molecule has 0 bridgehead atoms. The standard InChI is InChI=1S/C15H13NO2S/c17-19(18,15-11-7-6-8-12-15)16-13-9-4-2-1-3-5-10-14-16/h1-2,6-8,11-12H,10,13-14H2/b2-1-. The van der Waals surface area contributed by atoms with E-state index in [1.54, 1.807) is 42.5 Å². The highest BCUT2D eigenvalue weighted by Gasteiger charge is 2.22. The topological polar surface area (TPSA) is 37.4 Å². The maximum atomic E-state index is 12.4. The molecule has 1 aliphatic heterocycles. The van der Waals surface area contributed by atoms with Gasteiger partial charge in [-0.1, -0.05) is 41.9 Å². The van der Waals surface area contributed by atoms with E-state index in [9.17, 15) is 8.42 Å². The maximum absolute atomic E-state index is 12.4. The highest BCUT2D eigenvalue weighted by atomic mass is 32.2. The Morgan fingerprint density at radius 2 is 1.68 bits per heavy atom. The largest absolute Gasteiger partial charge is 0.243 e. The summed E-state index contributed by atoms with van der Waals surface area (Å²) in [6, 6.07) is 8.39. The van der Waals surface area contributed by atoms with E-state index in [1.807, 2.05) is 0 Å². The predicted octanol–water partition coefficient (Wildman–Crippen LogP) is 1.64. The first-order valence-electron chi connectivity index (χ1n) is 5.88. The summed E-state index contributed by atoms with van der Waals surface area (Å²) in [6.45, 7) is 0.538. The van der Waals surface area contributed by atoms with E-state index < -0.39 is 10.0 Å². The molecule has 0 N–H and O–H groups in total. The quantitative estimate of drug-likeness (QED) is 0.767. The fraction of sp³-hybridized carbons (Fsp3) is 0.200. The van der Waals surface area contributed by atoms with Crippen LogP contribution >= 0.6 is 0 Å². The lowest BCUT2D eigenvalue weighted by atomic mass is 10.3. The normalized spacial score (nSPS) is 17.5. The third kappa shape index (κ3) is 3.48. The molecule has 1 aromatic carbocycles. The molecule has 0 amide bonds. The SMILES string of the molecule is O=S(=O)(c1ccccc1)N1CC#C/C=C\C#CCC1. The van der Waals surface area contributed by atoms with Crippen LogP contribution in [0.4, 0.5) is 0 Å². The summed E-state index contributed by atoms with van der Waals surface area (Å²) in [6.07, 6.45) is 3.80. The van der Waals surface area contributed by atoms with Crippen LogP contribution in [0.25, 0.3) is 0 Å². The zero-order valence-corrected chi connectivity index (χ0v) is 11.2. The molecule has 0 saturated heterocycles. The molecule has 0 unspecified atom stereocenters. The second-order valence-corrected chi connectivity index (χ2v) is 5.82. The minimum atomic E-state index is -3.49. The van der Waals surface area contributed by atoms with Gasteiger partial charge in [-0.15, -0.1) is 0 Å². The van der Waals surface area contributed by atoms with Crippen LogP contribution in [0.1, 0.15) is 6.42 Å². The molecule has 96 valence electrons. The van der Waals surface area contributed by atoms with Crippen molar-refractivity contribution in [2.45, 2.75) is 11.3 Å². The molecule has 0 saturated carbocycles. The summed E-state index contributed by atoms with van der Waals surface area (Å²) in [5.74, 6) is 11.3. The first kappa shape index (κ1) is 13.4. The van der Waals surface area contributed by atoms with Crippen LogP contribution in [0.5, 0.6) is 0 Å². The Kier molecular flexibility index (Phi) is 4.41. The molecule has 0 radical (unpaired) electrons. The Morgan fingerprint density at radius 3 is 2.42 bits per heavy atom. The van der Waals surface area contributed by atoms with Crippen molar-refractivity contribution in [2.24, 2.45) is 0 Å². The number of benzene rings is 1. The zero-order valence-electron chi connectivity index (χ0n) is 10.3. The van der Waals surface area contributed by atoms with Gasteiger partial charge >= 0.3 is 0 Å². The van der Waals surface area contributed by atoms with Crippen LogP contribution in [0.2, 0.25) is 0 Å². The Morgan fingerprint density at radius 1 is 1.00 bits per heavy atom. The molecule has 1 aliphatic rings. The zero-order chi connectivity index (χ0) is 13.6. The van der Waals surface area contributed by atoms with Gasteiger partial charge in [0.25, 0.3) is 0 Å². The van der Waals surface area contributed by atoms with Crippen molar-refractivity contribution in [3.63, 3.8) is 0 Å². The van der Waals surface area contributed by atoms with Gasteiger partial charge in [0.1, 0.15) is 0 Å². The Hall–Kier alpha value is -2.01. The van der Waals surface area contributed by atoms with Crippen molar-refractivity contribution < 1.29 is 8.42 Å². The van der Waals surface area contributed by atoms with Crippen LogP contribution in [0.15, 0.2) is 47.4 Å². The van der Waals surface area contributed by atoms with Gasteiger partial charge in [0.15, 0.2) is 0 Å².